The minimum atomic E-state index is -0.331. The van der Waals surface area contributed by atoms with E-state index in [2.05, 4.69) is 10.3 Å². The van der Waals surface area contributed by atoms with E-state index in [1.807, 2.05) is 13.0 Å². The molecule has 6 heteroatoms. The first-order valence-electron chi connectivity index (χ1n) is 5.81. The van der Waals surface area contributed by atoms with Gasteiger partial charge in [-0.1, -0.05) is 29.9 Å². The molecule has 4 nitrogen and oxygen atoms in total. The largest absolute Gasteiger partial charge is 0.389 e. The highest BCUT2D eigenvalue weighted by Crippen LogP contribution is 2.22. The monoisotopic (exact) mass is 305 g/mol. The molecular formula is C14H12ClN3OS. The van der Waals surface area contributed by atoms with Crippen molar-refractivity contribution in [3.05, 3.63) is 58.4 Å². The van der Waals surface area contributed by atoms with Crippen LogP contribution in [0, 0.1) is 6.92 Å². The summed E-state index contributed by atoms with van der Waals surface area (Å²) in [5, 5.41) is 3.22. The quantitative estimate of drug-likeness (QED) is 0.856. The zero-order valence-electron chi connectivity index (χ0n) is 10.7. The Hall–Kier alpha value is -1.98. The molecule has 3 N–H and O–H groups in total. The number of hydrogen-bond donors (Lipinski definition) is 2. The standard InChI is InChI=1S/C14H12ClN3OS/c1-8-3-2-6-17-12(8)14(19)18-11-7-9(15)4-5-10(11)13(16)20/h2-7H,1H3,(H2,16,20)(H,18,19). The first-order chi connectivity index (χ1) is 9.49. The van der Waals surface area contributed by atoms with E-state index in [1.54, 1.807) is 30.5 Å². The van der Waals surface area contributed by atoms with Crippen LogP contribution in [0.25, 0.3) is 0 Å². The van der Waals surface area contributed by atoms with Gasteiger partial charge in [-0.25, -0.2) is 0 Å². The molecule has 1 heterocycles. The number of rotatable bonds is 3. The molecule has 102 valence electrons. The van der Waals surface area contributed by atoms with E-state index in [1.165, 1.54) is 0 Å². The van der Waals surface area contributed by atoms with Crippen molar-refractivity contribution < 1.29 is 4.79 Å². The highest BCUT2D eigenvalue weighted by atomic mass is 35.5. The molecule has 1 aromatic heterocycles. The van der Waals surface area contributed by atoms with Crippen LogP contribution in [0.1, 0.15) is 21.6 Å². The van der Waals surface area contributed by atoms with Crippen LogP contribution in [0.4, 0.5) is 5.69 Å². The fourth-order valence-corrected chi connectivity index (χ4v) is 2.09. The summed E-state index contributed by atoms with van der Waals surface area (Å²) in [6.45, 7) is 1.81. The number of hydrogen-bond acceptors (Lipinski definition) is 3. The molecule has 0 aliphatic carbocycles. The number of nitrogens with two attached hydrogens (primary N) is 1. The van der Waals surface area contributed by atoms with E-state index in [9.17, 15) is 4.79 Å². The predicted octanol–water partition coefficient (Wildman–Crippen LogP) is 2.93. The molecular weight excluding hydrogens is 294 g/mol. The number of nitrogens with zero attached hydrogens (tertiary/aromatic N) is 1. The van der Waals surface area contributed by atoms with E-state index in [0.717, 1.165) is 5.56 Å². The highest BCUT2D eigenvalue weighted by Gasteiger charge is 2.13. The van der Waals surface area contributed by atoms with Crippen molar-refractivity contribution in [3.63, 3.8) is 0 Å². The summed E-state index contributed by atoms with van der Waals surface area (Å²) in [4.78, 5) is 16.5. The lowest BCUT2D eigenvalue weighted by Gasteiger charge is -2.11. The third-order valence-electron chi connectivity index (χ3n) is 2.72. The van der Waals surface area contributed by atoms with Gasteiger partial charge in [0.05, 0.1) is 5.69 Å². The minimum absolute atomic E-state index is 0.190. The van der Waals surface area contributed by atoms with Crippen LogP contribution in [-0.4, -0.2) is 15.9 Å². The predicted molar refractivity (Wildman–Crippen MR) is 84.3 cm³/mol. The molecule has 1 aromatic carbocycles. The number of benzene rings is 1. The summed E-state index contributed by atoms with van der Waals surface area (Å²) in [7, 11) is 0. The molecule has 0 atom stereocenters. The first-order valence-corrected chi connectivity index (χ1v) is 6.60. The second kappa shape index (κ2) is 5.98. The Morgan fingerprint density at radius 2 is 2.15 bits per heavy atom. The van der Waals surface area contributed by atoms with Crippen LogP contribution < -0.4 is 11.1 Å². The number of aromatic nitrogens is 1. The Bertz CT molecular complexity index is 688. The lowest BCUT2D eigenvalue weighted by atomic mass is 10.1. The minimum Gasteiger partial charge on any atom is -0.389 e. The molecule has 1 amide bonds. The smallest absolute Gasteiger partial charge is 0.274 e. The van der Waals surface area contributed by atoms with Gasteiger partial charge in [-0.3, -0.25) is 9.78 Å². The van der Waals surface area contributed by atoms with Crippen LogP contribution in [-0.2, 0) is 0 Å². The van der Waals surface area contributed by atoms with Gasteiger partial charge in [-0.05, 0) is 36.8 Å². The Morgan fingerprint density at radius 3 is 2.80 bits per heavy atom. The maximum absolute atomic E-state index is 12.2. The number of carbonyl (C=O) groups excluding carboxylic acids is 1. The Morgan fingerprint density at radius 1 is 1.40 bits per heavy atom. The van der Waals surface area contributed by atoms with E-state index in [4.69, 9.17) is 29.6 Å². The zero-order valence-corrected chi connectivity index (χ0v) is 12.3. The highest BCUT2D eigenvalue weighted by molar-refractivity contribution is 7.80. The maximum atomic E-state index is 12.2. The van der Waals surface area contributed by atoms with Crippen molar-refractivity contribution in [2.45, 2.75) is 6.92 Å². The number of halogens is 1. The van der Waals surface area contributed by atoms with Crippen molar-refractivity contribution in [2.75, 3.05) is 5.32 Å². The summed E-state index contributed by atoms with van der Waals surface area (Å²) in [5.74, 6) is -0.331. The molecule has 0 aliphatic heterocycles. The van der Waals surface area contributed by atoms with Crippen LogP contribution in [0.5, 0.6) is 0 Å². The molecule has 0 aliphatic rings. The number of nitrogens with one attached hydrogen (secondary N) is 1. The normalized spacial score (nSPS) is 10.1. The first kappa shape index (κ1) is 14.4. The number of amides is 1. The van der Waals surface area contributed by atoms with Gasteiger partial charge in [-0.15, -0.1) is 0 Å². The molecule has 0 saturated heterocycles. The molecule has 2 aromatic rings. The Balaban J connectivity index is 2.35. The summed E-state index contributed by atoms with van der Waals surface area (Å²) in [6, 6.07) is 8.52. The Kier molecular flexibility index (Phi) is 4.32. The average Bonchev–Trinajstić information content (AvgIpc) is 2.38. The second-order valence-electron chi connectivity index (χ2n) is 4.18. The van der Waals surface area contributed by atoms with E-state index < -0.39 is 0 Å². The summed E-state index contributed by atoms with van der Waals surface area (Å²) in [5.41, 5.74) is 7.79. The van der Waals surface area contributed by atoms with Crippen LogP contribution in [0.15, 0.2) is 36.5 Å². The number of thiocarbonyl (C=S) groups is 1. The lowest BCUT2D eigenvalue weighted by Crippen LogP contribution is -2.19. The molecule has 0 radical (unpaired) electrons. The van der Waals surface area contributed by atoms with E-state index in [0.29, 0.717) is 22.0 Å². The summed E-state index contributed by atoms with van der Waals surface area (Å²) in [6.07, 6.45) is 1.56. The lowest BCUT2D eigenvalue weighted by molar-refractivity contribution is 0.102. The number of pyridine rings is 1. The maximum Gasteiger partial charge on any atom is 0.274 e. The topological polar surface area (TPSA) is 68.0 Å². The molecule has 20 heavy (non-hydrogen) atoms. The number of aryl methyl sites for hydroxylation is 1. The van der Waals surface area contributed by atoms with Gasteiger partial charge in [0, 0.05) is 16.8 Å². The van der Waals surface area contributed by atoms with Crippen LogP contribution >= 0.6 is 23.8 Å². The number of carbonyl (C=O) groups is 1. The van der Waals surface area contributed by atoms with Crippen molar-refractivity contribution >= 4 is 40.4 Å². The molecule has 0 bridgehead atoms. The van der Waals surface area contributed by atoms with Crippen LogP contribution in [0.2, 0.25) is 5.02 Å². The summed E-state index contributed by atoms with van der Waals surface area (Å²) < 4.78 is 0. The summed E-state index contributed by atoms with van der Waals surface area (Å²) >= 11 is 10.9. The van der Waals surface area contributed by atoms with Gasteiger partial charge in [0.15, 0.2) is 0 Å². The van der Waals surface area contributed by atoms with Crippen molar-refractivity contribution in [2.24, 2.45) is 5.73 Å². The fraction of sp³-hybridized carbons (Fsp3) is 0.0714. The molecule has 0 spiro atoms. The van der Waals surface area contributed by atoms with Gasteiger partial charge >= 0.3 is 0 Å². The molecule has 0 unspecified atom stereocenters. The molecule has 0 fully saturated rings. The third-order valence-corrected chi connectivity index (χ3v) is 3.17. The van der Waals surface area contributed by atoms with Crippen molar-refractivity contribution in [1.29, 1.82) is 0 Å². The van der Waals surface area contributed by atoms with Gasteiger partial charge in [0.25, 0.3) is 5.91 Å². The zero-order chi connectivity index (χ0) is 14.7. The van der Waals surface area contributed by atoms with E-state index >= 15 is 0 Å². The third kappa shape index (κ3) is 3.12. The van der Waals surface area contributed by atoms with E-state index in [-0.39, 0.29) is 10.9 Å². The van der Waals surface area contributed by atoms with Crippen LogP contribution in [0.3, 0.4) is 0 Å². The second-order valence-corrected chi connectivity index (χ2v) is 5.05. The Labute approximate surface area is 127 Å². The molecule has 0 saturated carbocycles. The van der Waals surface area contributed by atoms with Gasteiger partial charge in [0.2, 0.25) is 0 Å². The van der Waals surface area contributed by atoms with Crippen molar-refractivity contribution in [1.82, 2.24) is 4.98 Å². The van der Waals surface area contributed by atoms with Crippen molar-refractivity contribution in [3.8, 4) is 0 Å². The van der Waals surface area contributed by atoms with Gasteiger partial charge < -0.3 is 11.1 Å². The fourth-order valence-electron chi connectivity index (χ4n) is 1.74. The average molecular weight is 306 g/mol. The SMILES string of the molecule is Cc1cccnc1C(=O)Nc1cc(Cl)ccc1C(N)=S. The number of anilines is 1. The molecule has 2 rings (SSSR count). The van der Waals surface area contributed by atoms with Gasteiger partial charge in [-0.2, -0.15) is 0 Å². The van der Waals surface area contributed by atoms with Gasteiger partial charge in [0.1, 0.15) is 10.7 Å².